The van der Waals surface area contributed by atoms with Crippen molar-refractivity contribution in [3.05, 3.63) is 40.7 Å². The first-order valence-electron chi connectivity index (χ1n) is 5.73. The molecule has 15 heavy (non-hydrogen) atoms. The highest BCUT2D eigenvalue weighted by atomic mass is 19.1. The molecule has 0 amide bonds. The molecule has 1 aromatic rings. The number of benzene rings is 1. The van der Waals surface area contributed by atoms with Gasteiger partial charge in [-0.1, -0.05) is 18.2 Å². The predicted molar refractivity (Wildman–Crippen MR) is 60.3 cm³/mol. The summed E-state index contributed by atoms with van der Waals surface area (Å²) in [6.07, 6.45) is 7.94. The molecule has 0 saturated heterocycles. The van der Waals surface area contributed by atoms with Crippen LogP contribution in [0.1, 0.15) is 41.9 Å². The van der Waals surface area contributed by atoms with E-state index in [0.29, 0.717) is 11.8 Å². The fraction of sp³-hybridized carbons (Fsp3) is 0.429. The highest BCUT2D eigenvalue weighted by Crippen LogP contribution is 2.44. The van der Waals surface area contributed by atoms with E-state index >= 15 is 0 Å². The van der Waals surface area contributed by atoms with Crippen molar-refractivity contribution in [1.29, 1.82) is 0 Å². The molecule has 0 aromatic heterocycles. The molecule has 0 nitrogen and oxygen atoms in total. The van der Waals surface area contributed by atoms with Crippen LogP contribution in [0.25, 0.3) is 6.08 Å². The first-order chi connectivity index (χ1) is 7.25. The summed E-state index contributed by atoms with van der Waals surface area (Å²) in [5.74, 6) is 1.13. The van der Waals surface area contributed by atoms with Crippen LogP contribution in [-0.4, -0.2) is 0 Å². The number of rotatable bonds is 0. The van der Waals surface area contributed by atoms with Crippen molar-refractivity contribution in [2.45, 2.75) is 32.1 Å². The molecule has 78 valence electrons. The molecular formula is C14H15F. The Morgan fingerprint density at radius 1 is 1.27 bits per heavy atom. The van der Waals surface area contributed by atoms with Crippen LogP contribution in [0.5, 0.6) is 0 Å². The van der Waals surface area contributed by atoms with E-state index in [1.165, 1.54) is 12.0 Å². The minimum Gasteiger partial charge on any atom is -0.207 e. The standard InChI is InChI=1S/C14H15F/c1-9-2-7-13(15)14-11-5-3-10(8-11)4-6-12(9)14/h2,4,6-7,10-11H,3,5,8H2,1H3. The van der Waals surface area contributed by atoms with Crippen LogP contribution in [0.3, 0.4) is 0 Å². The minimum absolute atomic E-state index is 0.00667. The average molecular weight is 202 g/mol. The van der Waals surface area contributed by atoms with Crippen LogP contribution in [0.15, 0.2) is 18.2 Å². The summed E-state index contributed by atoms with van der Waals surface area (Å²) >= 11 is 0. The van der Waals surface area contributed by atoms with E-state index in [4.69, 9.17) is 0 Å². The van der Waals surface area contributed by atoms with Gasteiger partial charge in [0.05, 0.1) is 0 Å². The molecule has 1 heteroatoms. The molecule has 2 aliphatic rings. The summed E-state index contributed by atoms with van der Waals surface area (Å²) in [5, 5.41) is 0. The Balaban J connectivity index is 2.24. The molecule has 2 aliphatic carbocycles. The van der Waals surface area contributed by atoms with Gasteiger partial charge in [-0.05, 0) is 60.8 Å². The SMILES string of the molecule is Cc1ccc(F)c2c1C=CC1CCC2C1. The van der Waals surface area contributed by atoms with Crippen molar-refractivity contribution < 1.29 is 4.39 Å². The minimum atomic E-state index is -0.00667. The molecular weight excluding hydrogens is 187 g/mol. The van der Waals surface area contributed by atoms with Crippen LogP contribution in [0, 0.1) is 18.7 Å². The monoisotopic (exact) mass is 202 g/mol. The van der Waals surface area contributed by atoms with E-state index in [0.717, 1.165) is 24.0 Å². The number of aryl methyl sites for hydroxylation is 1. The largest absolute Gasteiger partial charge is 0.207 e. The second kappa shape index (κ2) is 3.19. The normalized spacial score (nSPS) is 27.6. The summed E-state index contributed by atoms with van der Waals surface area (Å²) < 4.78 is 13.9. The van der Waals surface area contributed by atoms with Crippen molar-refractivity contribution in [1.82, 2.24) is 0 Å². The van der Waals surface area contributed by atoms with E-state index < -0.39 is 0 Å². The average Bonchev–Trinajstić information content (AvgIpc) is 2.56. The molecule has 0 spiro atoms. The first kappa shape index (κ1) is 9.14. The van der Waals surface area contributed by atoms with E-state index in [2.05, 4.69) is 19.1 Å². The van der Waals surface area contributed by atoms with Gasteiger partial charge in [0, 0.05) is 0 Å². The van der Waals surface area contributed by atoms with Crippen LogP contribution < -0.4 is 0 Å². The Morgan fingerprint density at radius 3 is 3.00 bits per heavy atom. The zero-order chi connectivity index (χ0) is 10.4. The smallest absolute Gasteiger partial charge is 0.127 e. The summed E-state index contributed by atoms with van der Waals surface area (Å²) in [5.41, 5.74) is 3.32. The fourth-order valence-electron chi connectivity index (χ4n) is 3.04. The van der Waals surface area contributed by atoms with Crippen molar-refractivity contribution in [2.75, 3.05) is 0 Å². The van der Waals surface area contributed by atoms with Crippen LogP contribution in [0.2, 0.25) is 0 Å². The lowest BCUT2D eigenvalue weighted by Crippen LogP contribution is -2.01. The molecule has 0 aliphatic heterocycles. The maximum Gasteiger partial charge on any atom is 0.127 e. The predicted octanol–water partition coefficient (Wildman–Crippen LogP) is 4.04. The van der Waals surface area contributed by atoms with Gasteiger partial charge in [0.2, 0.25) is 0 Å². The molecule has 0 heterocycles. The second-order valence-corrected chi connectivity index (χ2v) is 4.82. The number of hydrogen-bond donors (Lipinski definition) is 0. The van der Waals surface area contributed by atoms with Gasteiger partial charge in [-0.25, -0.2) is 4.39 Å². The highest BCUT2D eigenvalue weighted by Gasteiger charge is 2.30. The molecule has 1 saturated carbocycles. The van der Waals surface area contributed by atoms with Crippen molar-refractivity contribution in [3.8, 4) is 0 Å². The number of halogens is 1. The van der Waals surface area contributed by atoms with Gasteiger partial charge >= 0.3 is 0 Å². The zero-order valence-electron chi connectivity index (χ0n) is 8.96. The lowest BCUT2D eigenvalue weighted by molar-refractivity contribution is 0.575. The molecule has 1 aromatic carbocycles. The zero-order valence-corrected chi connectivity index (χ0v) is 8.96. The summed E-state index contributed by atoms with van der Waals surface area (Å²) in [6, 6.07) is 3.51. The van der Waals surface area contributed by atoms with Gasteiger partial charge in [-0.15, -0.1) is 0 Å². The van der Waals surface area contributed by atoms with Crippen molar-refractivity contribution >= 4 is 6.08 Å². The third-order valence-corrected chi connectivity index (χ3v) is 3.87. The molecule has 0 N–H and O–H groups in total. The third-order valence-electron chi connectivity index (χ3n) is 3.87. The maximum atomic E-state index is 13.9. The first-order valence-corrected chi connectivity index (χ1v) is 5.73. The Labute approximate surface area is 89.8 Å². The van der Waals surface area contributed by atoms with Gasteiger partial charge < -0.3 is 0 Å². The Morgan fingerprint density at radius 2 is 2.13 bits per heavy atom. The Kier molecular flexibility index (Phi) is 1.95. The number of hydrogen-bond acceptors (Lipinski definition) is 0. The maximum absolute atomic E-state index is 13.9. The fourth-order valence-corrected chi connectivity index (χ4v) is 3.04. The molecule has 2 unspecified atom stereocenters. The summed E-state index contributed by atoms with van der Waals surface area (Å²) in [6.45, 7) is 2.07. The molecule has 2 bridgehead atoms. The topological polar surface area (TPSA) is 0 Å². The van der Waals surface area contributed by atoms with Gasteiger partial charge in [-0.2, -0.15) is 0 Å². The van der Waals surface area contributed by atoms with E-state index in [-0.39, 0.29) is 5.82 Å². The third kappa shape index (κ3) is 1.33. The molecule has 2 atom stereocenters. The quantitative estimate of drug-likeness (QED) is 0.595. The van der Waals surface area contributed by atoms with Crippen LogP contribution in [-0.2, 0) is 0 Å². The van der Waals surface area contributed by atoms with Crippen molar-refractivity contribution in [3.63, 3.8) is 0 Å². The Bertz CT molecular complexity index is 431. The second-order valence-electron chi connectivity index (χ2n) is 4.82. The lowest BCUT2D eigenvalue weighted by Gasteiger charge is -2.15. The number of fused-ring (bicyclic) bond motifs is 4. The Hall–Kier alpha value is -1.11. The molecule has 1 fully saturated rings. The molecule has 3 rings (SSSR count). The van der Waals surface area contributed by atoms with E-state index in [1.807, 2.05) is 6.07 Å². The van der Waals surface area contributed by atoms with Crippen LogP contribution in [0.4, 0.5) is 4.39 Å². The van der Waals surface area contributed by atoms with Gasteiger partial charge in [0.15, 0.2) is 0 Å². The summed E-state index contributed by atoms with van der Waals surface area (Å²) in [4.78, 5) is 0. The number of allylic oxidation sites excluding steroid dienone is 1. The summed E-state index contributed by atoms with van der Waals surface area (Å²) in [7, 11) is 0. The molecule has 0 radical (unpaired) electrons. The highest BCUT2D eigenvalue weighted by molar-refractivity contribution is 5.61. The van der Waals surface area contributed by atoms with E-state index in [9.17, 15) is 4.39 Å². The van der Waals surface area contributed by atoms with Crippen LogP contribution >= 0.6 is 0 Å². The van der Waals surface area contributed by atoms with Gasteiger partial charge in [0.25, 0.3) is 0 Å². The van der Waals surface area contributed by atoms with Gasteiger partial charge in [-0.3, -0.25) is 0 Å². The lowest BCUT2D eigenvalue weighted by atomic mass is 9.90. The van der Waals surface area contributed by atoms with Gasteiger partial charge in [0.1, 0.15) is 5.82 Å². The van der Waals surface area contributed by atoms with E-state index in [1.54, 1.807) is 6.07 Å². The van der Waals surface area contributed by atoms with Crippen molar-refractivity contribution in [2.24, 2.45) is 5.92 Å².